The van der Waals surface area contributed by atoms with Crippen molar-refractivity contribution in [2.45, 2.75) is 11.6 Å². The first-order valence-electron chi connectivity index (χ1n) is 5.38. The zero-order valence-corrected chi connectivity index (χ0v) is 10.3. The molecule has 98 valence electrons. The van der Waals surface area contributed by atoms with E-state index in [1.165, 1.54) is 0 Å². The van der Waals surface area contributed by atoms with Gasteiger partial charge in [-0.25, -0.2) is 9.89 Å². The van der Waals surface area contributed by atoms with E-state index in [-0.39, 0.29) is 23.5 Å². The molecule has 0 bridgehead atoms. The quantitative estimate of drug-likeness (QED) is 0.563. The second-order valence-electron chi connectivity index (χ2n) is 4.11. The highest BCUT2D eigenvalue weighted by Gasteiger charge is 2.31. The van der Waals surface area contributed by atoms with Crippen molar-refractivity contribution in [3.05, 3.63) is 10.5 Å². The van der Waals surface area contributed by atoms with Crippen molar-refractivity contribution in [2.24, 2.45) is 11.7 Å². The maximum atomic E-state index is 11.7. The van der Waals surface area contributed by atoms with E-state index >= 15 is 0 Å². The monoisotopic (exact) mass is 271 g/mol. The van der Waals surface area contributed by atoms with Crippen LogP contribution in [-0.2, 0) is 9.59 Å². The van der Waals surface area contributed by atoms with Gasteiger partial charge < -0.3 is 10.6 Å². The fourth-order valence-electron chi connectivity index (χ4n) is 1.73. The number of aromatic amines is 2. The lowest BCUT2D eigenvalue weighted by Gasteiger charge is -2.38. The normalized spacial score (nSPS) is 15.4. The minimum absolute atomic E-state index is 0.0374. The van der Waals surface area contributed by atoms with Gasteiger partial charge in [0, 0.05) is 25.4 Å². The van der Waals surface area contributed by atoms with Crippen LogP contribution in [0.2, 0.25) is 0 Å². The van der Waals surface area contributed by atoms with Gasteiger partial charge in [-0.05, 0) is 0 Å². The van der Waals surface area contributed by atoms with Crippen LogP contribution >= 0.6 is 11.8 Å². The molecule has 8 nitrogen and oxygen atoms in total. The van der Waals surface area contributed by atoms with E-state index in [1.54, 1.807) is 4.90 Å². The number of nitrogens with zero attached hydrogens (tertiary/aromatic N) is 2. The van der Waals surface area contributed by atoms with Gasteiger partial charge in [0.1, 0.15) is 0 Å². The lowest BCUT2D eigenvalue weighted by molar-refractivity contribution is -0.136. The second-order valence-corrected chi connectivity index (χ2v) is 5.07. The Morgan fingerprint density at radius 1 is 1.50 bits per heavy atom. The van der Waals surface area contributed by atoms with E-state index in [0.717, 1.165) is 11.8 Å². The standard InChI is InChI=1S/C9H13N5O3S/c10-6(15)1-5-2-14(3-5)7(16)4-18-9-11-8(17)12-13-9/h5H,1-4H2,(H2,10,15)(H2,11,12,13,17). The van der Waals surface area contributed by atoms with Crippen LogP contribution in [0.1, 0.15) is 6.42 Å². The first-order chi connectivity index (χ1) is 8.54. The van der Waals surface area contributed by atoms with Crippen LogP contribution in [0.15, 0.2) is 9.95 Å². The minimum atomic E-state index is -0.393. The molecule has 0 radical (unpaired) electrons. The molecule has 18 heavy (non-hydrogen) atoms. The molecule has 0 unspecified atom stereocenters. The summed E-state index contributed by atoms with van der Waals surface area (Å²) in [7, 11) is 0. The van der Waals surface area contributed by atoms with Crippen molar-refractivity contribution < 1.29 is 9.59 Å². The number of H-pyrrole nitrogens is 2. The van der Waals surface area contributed by atoms with Crippen LogP contribution < -0.4 is 11.4 Å². The molecule has 1 aromatic rings. The average molecular weight is 271 g/mol. The van der Waals surface area contributed by atoms with Crippen molar-refractivity contribution in [2.75, 3.05) is 18.8 Å². The summed E-state index contributed by atoms with van der Waals surface area (Å²) >= 11 is 1.16. The number of primary amides is 1. The maximum Gasteiger partial charge on any atom is 0.341 e. The zero-order valence-electron chi connectivity index (χ0n) is 9.51. The molecule has 0 atom stereocenters. The first kappa shape index (κ1) is 12.7. The van der Waals surface area contributed by atoms with Gasteiger partial charge in [0.15, 0.2) is 5.16 Å². The Bertz CT molecular complexity index is 504. The van der Waals surface area contributed by atoms with E-state index in [0.29, 0.717) is 24.7 Å². The molecule has 2 amide bonds. The molecule has 2 rings (SSSR count). The van der Waals surface area contributed by atoms with Gasteiger partial charge in [0.2, 0.25) is 11.8 Å². The molecule has 1 fully saturated rings. The molecule has 1 aliphatic heterocycles. The molecule has 1 saturated heterocycles. The second kappa shape index (κ2) is 5.25. The molecular weight excluding hydrogens is 258 g/mol. The number of nitrogens with one attached hydrogen (secondary N) is 2. The smallest absolute Gasteiger partial charge is 0.341 e. The van der Waals surface area contributed by atoms with Gasteiger partial charge in [-0.2, -0.15) is 0 Å². The fraction of sp³-hybridized carbons (Fsp3) is 0.556. The molecule has 2 heterocycles. The van der Waals surface area contributed by atoms with E-state index in [9.17, 15) is 14.4 Å². The van der Waals surface area contributed by atoms with Gasteiger partial charge in [0.25, 0.3) is 0 Å². The Morgan fingerprint density at radius 2 is 2.22 bits per heavy atom. The zero-order chi connectivity index (χ0) is 13.1. The fourth-order valence-corrected chi connectivity index (χ4v) is 2.45. The molecule has 4 N–H and O–H groups in total. The van der Waals surface area contributed by atoms with Crippen LogP contribution in [0, 0.1) is 5.92 Å². The van der Waals surface area contributed by atoms with Gasteiger partial charge >= 0.3 is 5.69 Å². The number of hydrogen-bond donors (Lipinski definition) is 3. The Balaban J connectivity index is 1.71. The molecular formula is C9H13N5O3S. The third-order valence-electron chi connectivity index (χ3n) is 2.61. The highest BCUT2D eigenvalue weighted by molar-refractivity contribution is 7.99. The van der Waals surface area contributed by atoms with E-state index in [2.05, 4.69) is 15.2 Å². The predicted octanol–water partition coefficient (Wildman–Crippen LogP) is -1.48. The van der Waals surface area contributed by atoms with Crippen molar-refractivity contribution in [3.63, 3.8) is 0 Å². The largest absolute Gasteiger partial charge is 0.370 e. The van der Waals surface area contributed by atoms with Crippen LogP contribution in [0.5, 0.6) is 0 Å². The van der Waals surface area contributed by atoms with E-state index < -0.39 is 5.69 Å². The Kier molecular flexibility index (Phi) is 3.70. The molecule has 9 heteroatoms. The van der Waals surface area contributed by atoms with Crippen molar-refractivity contribution in [3.8, 4) is 0 Å². The molecule has 1 aliphatic rings. The summed E-state index contributed by atoms with van der Waals surface area (Å²) < 4.78 is 0. The number of nitrogens with two attached hydrogens (primary N) is 1. The molecule has 1 aromatic heterocycles. The van der Waals surface area contributed by atoms with Crippen molar-refractivity contribution >= 4 is 23.6 Å². The van der Waals surface area contributed by atoms with Crippen molar-refractivity contribution in [1.29, 1.82) is 0 Å². The summed E-state index contributed by atoms with van der Waals surface area (Å²) in [6, 6.07) is 0. The molecule has 0 saturated carbocycles. The maximum absolute atomic E-state index is 11.7. The van der Waals surface area contributed by atoms with Gasteiger partial charge in [-0.3, -0.25) is 14.6 Å². The third kappa shape index (κ3) is 3.13. The lowest BCUT2D eigenvalue weighted by Crippen LogP contribution is -2.51. The Labute approximate surface area is 106 Å². The van der Waals surface area contributed by atoms with Gasteiger partial charge in [-0.1, -0.05) is 11.8 Å². The van der Waals surface area contributed by atoms with E-state index in [4.69, 9.17) is 5.73 Å². The molecule has 0 spiro atoms. The summed E-state index contributed by atoms with van der Waals surface area (Å²) in [5.74, 6) is 0.0196. The summed E-state index contributed by atoms with van der Waals surface area (Å²) in [5.41, 5.74) is 4.68. The molecule has 0 aliphatic carbocycles. The number of carbonyl (C=O) groups excluding carboxylic acids is 2. The highest BCUT2D eigenvalue weighted by atomic mass is 32.2. The van der Waals surface area contributed by atoms with Crippen LogP contribution in [0.25, 0.3) is 0 Å². The van der Waals surface area contributed by atoms with Gasteiger partial charge in [0.05, 0.1) is 5.75 Å². The average Bonchev–Trinajstić information content (AvgIpc) is 2.65. The van der Waals surface area contributed by atoms with Crippen LogP contribution in [0.4, 0.5) is 0 Å². The highest BCUT2D eigenvalue weighted by Crippen LogP contribution is 2.20. The summed E-state index contributed by atoms with van der Waals surface area (Å²) in [6.45, 7) is 1.14. The van der Waals surface area contributed by atoms with E-state index in [1.807, 2.05) is 0 Å². The topological polar surface area (TPSA) is 125 Å². The van der Waals surface area contributed by atoms with Crippen molar-refractivity contribution in [1.82, 2.24) is 20.1 Å². The summed E-state index contributed by atoms with van der Waals surface area (Å²) in [4.78, 5) is 37.2. The SMILES string of the molecule is NC(=O)CC1CN(C(=O)CSc2n[nH]c(=O)[nH]2)C1. The number of rotatable bonds is 5. The summed E-state index contributed by atoms with van der Waals surface area (Å²) in [5, 5.41) is 6.29. The van der Waals surface area contributed by atoms with Crippen LogP contribution in [-0.4, -0.2) is 50.7 Å². The number of amides is 2. The minimum Gasteiger partial charge on any atom is -0.370 e. The van der Waals surface area contributed by atoms with Gasteiger partial charge in [-0.15, -0.1) is 5.10 Å². The number of likely N-dealkylation sites (tertiary alicyclic amines) is 1. The summed E-state index contributed by atoms with van der Waals surface area (Å²) in [6.07, 6.45) is 0.323. The Morgan fingerprint density at radius 3 is 2.78 bits per heavy atom. The first-order valence-corrected chi connectivity index (χ1v) is 6.36. The third-order valence-corrected chi connectivity index (χ3v) is 3.47. The number of hydrogen-bond acceptors (Lipinski definition) is 5. The Hall–Kier alpha value is -1.77. The predicted molar refractivity (Wildman–Crippen MR) is 63.8 cm³/mol. The van der Waals surface area contributed by atoms with Crippen LogP contribution in [0.3, 0.4) is 0 Å². The number of aromatic nitrogens is 3. The molecule has 0 aromatic carbocycles. The lowest BCUT2D eigenvalue weighted by atomic mass is 9.96. The number of thioether (sulfide) groups is 1. The number of carbonyl (C=O) groups is 2.